The number of likely N-dealkylation sites (tertiary alicyclic amines) is 1. The van der Waals surface area contributed by atoms with Crippen LogP contribution in [-0.2, 0) is 27.5 Å². The molecule has 0 bridgehead atoms. The summed E-state index contributed by atoms with van der Waals surface area (Å²) in [6.45, 7) is 7.67. The second kappa shape index (κ2) is 13.4. The SMILES string of the molecule is O=C(C1CCN(Cc2ccc(Br)cc2)CC1)N1CCN(Cc2ccccc2)CC1.O=C(O)C(=O)O. The third-order valence-corrected chi connectivity index (χ3v) is 6.90. The maximum atomic E-state index is 13.0. The van der Waals surface area contributed by atoms with Gasteiger partial charge in [-0.1, -0.05) is 58.4 Å². The van der Waals surface area contributed by atoms with E-state index in [1.807, 2.05) is 0 Å². The van der Waals surface area contributed by atoms with Gasteiger partial charge in [-0.15, -0.1) is 0 Å². The minimum absolute atomic E-state index is 0.205. The molecule has 1 amide bonds. The molecule has 2 fully saturated rings. The van der Waals surface area contributed by atoms with Crippen molar-refractivity contribution >= 4 is 33.8 Å². The quantitative estimate of drug-likeness (QED) is 0.556. The van der Waals surface area contributed by atoms with Crippen molar-refractivity contribution in [3.63, 3.8) is 0 Å². The van der Waals surface area contributed by atoms with Gasteiger partial charge in [-0.3, -0.25) is 14.6 Å². The molecule has 2 saturated heterocycles. The summed E-state index contributed by atoms with van der Waals surface area (Å²) < 4.78 is 1.12. The Morgan fingerprint density at radius 2 is 1.20 bits per heavy atom. The zero-order chi connectivity index (χ0) is 25.2. The van der Waals surface area contributed by atoms with Gasteiger partial charge < -0.3 is 15.1 Å². The highest BCUT2D eigenvalue weighted by Crippen LogP contribution is 2.22. The van der Waals surface area contributed by atoms with Crippen molar-refractivity contribution in [2.45, 2.75) is 25.9 Å². The van der Waals surface area contributed by atoms with E-state index < -0.39 is 11.9 Å². The summed E-state index contributed by atoms with van der Waals surface area (Å²) in [5.74, 6) is -3.06. The van der Waals surface area contributed by atoms with Gasteiger partial charge >= 0.3 is 11.9 Å². The Hall–Kier alpha value is -2.75. The molecule has 0 aliphatic carbocycles. The van der Waals surface area contributed by atoms with E-state index >= 15 is 0 Å². The van der Waals surface area contributed by atoms with Gasteiger partial charge in [0.2, 0.25) is 5.91 Å². The number of amides is 1. The van der Waals surface area contributed by atoms with E-state index in [4.69, 9.17) is 19.8 Å². The Labute approximate surface area is 214 Å². The lowest BCUT2D eigenvalue weighted by Crippen LogP contribution is -2.51. The van der Waals surface area contributed by atoms with Gasteiger partial charge in [0.05, 0.1) is 0 Å². The van der Waals surface area contributed by atoms with E-state index in [1.54, 1.807) is 0 Å². The fourth-order valence-corrected chi connectivity index (χ4v) is 4.68. The second-order valence-corrected chi connectivity index (χ2v) is 9.79. The van der Waals surface area contributed by atoms with E-state index in [1.165, 1.54) is 11.1 Å². The van der Waals surface area contributed by atoms with Gasteiger partial charge in [-0.05, 0) is 49.2 Å². The van der Waals surface area contributed by atoms with Crippen LogP contribution in [0.25, 0.3) is 0 Å². The van der Waals surface area contributed by atoms with E-state index in [9.17, 15) is 4.79 Å². The van der Waals surface area contributed by atoms with Crippen LogP contribution in [0.1, 0.15) is 24.0 Å². The number of carboxylic acids is 2. The Balaban J connectivity index is 0.000000509. The molecule has 0 aromatic heterocycles. The van der Waals surface area contributed by atoms with Crippen LogP contribution in [0.3, 0.4) is 0 Å². The van der Waals surface area contributed by atoms with Gasteiger partial charge in [0.1, 0.15) is 0 Å². The third kappa shape index (κ3) is 8.76. The largest absolute Gasteiger partial charge is 0.473 e. The minimum Gasteiger partial charge on any atom is -0.473 e. The molecule has 8 nitrogen and oxygen atoms in total. The first-order chi connectivity index (χ1) is 16.8. The molecule has 2 aliphatic rings. The average Bonchev–Trinajstić information content (AvgIpc) is 2.87. The van der Waals surface area contributed by atoms with Gasteiger partial charge in [-0.25, -0.2) is 9.59 Å². The summed E-state index contributed by atoms with van der Waals surface area (Å²) in [7, 11) is 0. The third-order valence-electron chi connectivity index (χ3n) is 6.37. The first-order valence-electron chi connectivity index (χ1n) is 11.8. The summed E-state index contributed by atoms with van der Waals surface area (Å²) in [5.41, 5.74) is 2.69. The number of benzene rings is 2. The number of hydrogen-bond acceptors (Lipinski definition) is 5. The minimum atomic E-state index is -1.82. The molecule has 0 saturated carbocycles. The van der Waals surface area contributed by atoms with E-state index in [2.05, 4.69) is 85.2 Å². The first kappa shape index (κ1) is 26.8. The number of carbonyl (C=O) groups is 3. The lowest BCUT2D eigenvalue weighted by Gasteiger charge is -2.38. The predicted octanol–water partition coefficient (Wildman–Crippen LogP) is 3.16. The van der Waals surface area contributed by atoms with Crippen LogP contribution in [0.5, 0.6) is 0 Å². The summed E-state index contributed by atoms with van der Waals surface area (Å²) >= 11 is 3.49. The van der Waals surface area contributed by atoms with Crippen molar-refractivity contribution in [1.29, 1.82) is 0 Å². The number of carboxylic acid groups (broad SMARTS) is 2. The number of piperazine rings is 1. The number of carbonyl (C=O) groups excluding carboxylic acids is 1. The number of hydrogen-bond donors (Lipinski definition) is 2. The van der Waals surface area contributed by atoms with E-state index in [0.29, 0.717) is 5.91 Å². The number of aliphatic carboxylic acids is 2. The van der Waals surface area contributed by atoms with Crippen molar-refractivity contribution in [3.8, 4) is 0 Å². The highest BCUT2D eigenvalue weighted by Gasteiger charge is 2.30. The number of piperidine rings is 1. The molecule has 4 rings (SSSR count). The normalized spacial score (nSPS) is 17.3. The Bertz CT molecular complexity index is 958. The molecule has 2 aromatic rings. The van der Waals surface area contributed by atoms with E-state index in [0.717, 1.165) is 69.7 Å². The summed E-state index contributed by atoms with van der Waals surface area (Å²) in [4.78, 5) is 38.2. The molecule has 0 radical (unpaired) electrons. The Morgan fingerprint density at radius 1 is 0.714 bits per heavy atom. The Kier molecular flexibility index (Phi) is 10.3. The molecule has 2 aliphatic heterocycles. The smallest absolute Gasteiger partial charge is 0.414 e. The predicted molar refractivity (Wildman–Crippen MR) is 136 cm³/mol. The standard InChI is InChI=1S/C24H30BrN3O.C2H2O4/c25-23-8-6-21(7-9-23)19-26-12-10-22(11-13-26)24(29)28-16-14-27(15-17-28)18-20-4-2-1-3-5-20;3-1(4)2(5)6/h1-9,22H,10-19H2;(H,3,4)(H,5,6). The van der Waals surface area contributed by atoms with E-state index in [-0.39, 0.29) is 5.92 Å². The molecule has 0 atom stereocenters. The number of halogens is 1. The molecule has 9 heteroatoms. The van der Waals surface area contributed by atoms with Crippen LogP contribution in [0, 0.1) is 5.92 Å². The average molecular weight is 546 g/mol. The van der Waals surface area contributed by atoms with Crippen LogP contribution in [0.4, 0.5) is 0 Å². The number of rotatable bonds is 5. The summed E-state index contributed by atoms with van der Waals surface area (Å²) in [5, 5.41) is 14.8. The van der Waals surface area contributed by atoms with Gasteiger partial charge in [-0.2, -0.15) is 0 Å². The number of nitrogens with zero attached hydrogens (tertiary/aromatic N) is 3. The first-order valence-corrected chi connectivity index (χ1v) is 12.6. The zero-order valence-corrected chi connectivity index (χ0v) is 21.3. The zero-order valence-electron chi connectivity index (χ0n) is 19.7. The fourth-order valence-electron chi connectivity index (χ4n) is 4.41. The van der Waals surface area contributed by atoms with Gasteiger partial charge in [0, 0.05) is 49.7 Å². The lowest BCUT2D eigenvalue weighted by atomic mass is 9.94. The molecule has 35 heavy (non-hydrogen) atoms. The summed E-state index contributed by atoms with van der Waals surface area (Å²) in [6, 6.07) is 19.2. The topological polar surface area (TPSA) is 101 Å². The highest BCUT2D eigenvalue weighted by atomic mass is 79.9. The fraction of sp³-hybridized carbons (Fsp3) is 0.423. The van der Waals surface area contributed by atoms with Crippen molar-refractivity contribution in [2.75, 3.05) is 39.3 Å². The lowest BCUT2D eigenvalue weighted by molar-refractivity contribution is -0.159. The summed E-state index contributed by atoms with van der Waals surface area (Å²) in [6.07, 6.45) is 1.97. The van der Waals surface area contributed by atoms with Crippen molar-refractivity contribution < 1.29 is 24.6 Å². The van der Waals surface area contributed by atoms with Crippen molar-refractivity contribution in [3.05, 3.63) is 70.2 Å². The molecule has 188 valence electrons. The maximum absolute atomic E-state index is 13.0. The van der Waals surface area contributed by atoms with Gasteiger partial charge in [0.25, 0.3) is 0 Å². The molecule has 2 aromatic carbocycles. The molecule has 0 spiro atoms. The molecule has 0 unspecified atom stereocenters. The van der Waals surface area contributed by atoms with Crippen molar-refractivity contribution in [2.24, 2.45) is 5.92 Å². The van der Waals surface area contributed by atoms with Crippen LogP contribution >= 0.6 is 15.9 Å². The van der Waals surface area contributed by atoms with Gasteiger partial charge in [0.15, 0.2) is 0 Å². The maximum Gasteiger partial charge on any atom is 0.414 e. The molecular weight excluding hydrogens is 514 g/mol. The molecule has 2 N–H and O–H groups in total. The van der Waals surface area contributed by atoms with Crippen LogP contribution in [0.15, 0.2) is 59.1 Å². The Morgan fingerprint density at radius 3 is 1.71 bits per heavy atom. The highest BCUT2D eigenvalue weighted by molar-refractivity contribution is 9.10. The van der Waals surface area contributed by atoms with Crippen LogP contribution in [-0.4, -0.2) is 82.0 Å². The van der Waals surface area contributed by atoms with Crippen LogP contribution < -0.4 is 0 Å². The second-order valence-electron chi connectivity index (χ2n) is 8.87. The monoisotopic (exact) mass is 545 g/mol. The molecule has 2 heterocycles. The molecular formula is C26H32BrN3O5. The van der Waals surface area contributed by atoms with Crippen molar-refractivity contribution in [1.82, 2.24) is 14.7 Å². The van der Waals surface area contributed by atoms with Crippen LogP contribution in [0.2, 0.25) is 0 Å².